The van der Waals surface area contributed by atoms with Gasteiger partial charge in [-0.1, -0.05) is 12.5 Å². The Balaban J connectivity index is 1.79. The van der Waals surface area contributed by atoms with Crippen LogP contribution in [-0.2, 0) is 4.79 Å². The van der Waals surface area contributed by atoms with Gasteiger partial charge in [-0.25, -0.2) is 8.78 Å². The van der Waals surface area contributed by atoms with Crippen LogP contribution in [0, 0.1) is 17.6 Å². The maximum Gasteiger partial charge on any atom is 0.238 e. The van der Waals surface area contributed by atoms with Crippen molar-refractivity contribution in [3.05, 3.63) is 29.8 Å². The minimum Gasteiger partial charge on any atom is -0.320 e. The van der Waals surface area contributed by atoms with Crippen molar-refractivity contribution in [2.45, 2.75) is 19.3 Å². The van der Waals surface area contributed by atoms with E-state index < -0.39 is 17.5 Å². The molecule has 0 heterocycles. The van der Waals surface area contributed by atoms with Gasteiger partial charge in [0.05, 0.1) is 6.54 Å². The standard InChI is InChI=1S/C13H16F2N2O/c14-10-5-2-6-11(15)13(10)17-12(18)8-16-7-9-3-1-4-9/h2,5-6,9,16H,1,3-4,7-8H2,(H,17,18). The van der Waals surface area contributed by atoms with Crippen molar-refractivity contribution in [3.63, 3.8) is 0 Å². The molecular weight excluding hydrogens is 238 g/mol. The summed E-state index contributed by atoms with van der Waals surface area (Å²) in [5.74, 6) is -1.31. The third kappa shape index (κ3) is 3.26. The number of carbonyl (C=O) groups excluding carboxylic acids is 1. The first-order valence-electron chi connectivity index (χ1n) is 6.11. The van der Waals surface area contributed by atoms with Crippen LogP contribution in [0.4, 0.5) is 14.5 Å². The Morgan fingerprint density at radius 1 is 1.28 bits per heavy atom. The van der Waals surface area contributed by atoms with Crippen LogP contribution in [0.3, 0.4) is 0 Å². The fourth-order valence-electron chi connectivity index (χ4n) is 1.89. The molecule has 1 fully saturated rings. The van der Waals surface area contributed by atoms with Gasteiger partial charge >= 0.3 is 0 Å². The van der Waals surface area contributed by atoms with Crippen LogP contribution in [0.1, 0.15) is 19.3 Å². The molecule has 1 aliphatic rings. The summed E-state index contributed by atoms with van der Waals surface area (Å²) in [5, 5.41) is 5.23. The highest BCUT2D eigenvalue weighted by molar-refractivity contribution is 5.92. The Labute approximate surface area is 105 Å². The van der Waals surface area contributed by atoms with Crippen molar-refractivity contribution in [1.29, 1.82) is 0 Å². The second-order valence-electron chi connectivity index (χ2n) is 4.57. The average Bonchev–Trinajstić information content (AvgIpc) is 2.27. The fourth-order valence-corrected chi connectivity index (χ4v) is 1.89. The highest BCUT2D eigenvalue weighted by Crippen LogP contribution is 2.25. The van der Waals surface area contributed by atoms with E-state index in [4.69, 9.17) is 0 Å². The largest absolute Gasteiger partial charge is 0.320 e. The van der Waals surface area contributed by atoms with E-state index in [9.17, 15) is 13.6 Å². The molecule has 1 aromatic rings. The van der Waals surface area contributed by atoms with Gasteiger partial charge in [0.25, 0.3) is 0 Å². The molecule has 18 heavy (non-hydrogen) atoms. The molecular formula is C13H16F2N2O. The Morgan fingerprint density at radius 3 is 2.50 bits per heavy atom. The number of halogens is 2. The Morgan fingerprint density at radius 2 is 1.94 bits per heavy atom. The van der Waals surface area contributed by atoms with Gasteiger partial charge in [-0.15, -0.1) is 0 Å². The summed E-state index contributed by atoms with van der Waals surface area (Å²) < 4.78 is 26.5. The molecule has 0 aromatic heterocycles. The zero-order valence-electron chi connectivity index (χ0n) is 10.0. The monoisotopic (exact) mass is 254 g/mol. The van der Waals surface area contributed by atoms with Crippen molar-refractivity contribution in [3.8, 4) is 0 Å². The van der Waals surface area contributed by atoms with Gasteiger partial charge in [0.2, 0.25) is 5.91 Å². The van der Waals surface area contributed by atoms with Crippen molar-refractivity contribution in [1.82, 2.24) is 5.32 Å². The van der Waals surface area contributed by atoms with Crippen LogP contribution >= 0.6 is 0 Å². The molecule has 98 valence electrons. The van der Waals surface area contributed by atoms with E-state index in [-0.39, 0.29) is 12.2 Å². The molecule has 0 saturated heterocycles. The molecule has 0 unspecified atom stereocenters. The fraction of sp³-hybridized carbons (Fsp3) is 0.462. The summed E-state index contributed by atoms with van der Waals surface area (Å²) in [5.41, 5.74) is -0.382. The van der Waals surface area contributed by atoms with Crippen molar-refractivity contribution < 1.29 is 13.6 Å². The maximum absolute atomic E-state index is 13.2. The minimum atomic E-state index is -0.762. The highest BCUT2D eigenvalue weighted by atomic mass is 19.1. The number of hydrogen-bond donors (Lipinski definition) is 2. The van der Waals surface area contributed by atoms with Crippen molar-refractivity contribution >= 4 is 11.6 Å². The minimum absolute atomic E-state index is 0.0737. The number of amides is 1. The van der Waals surface area contributed by atoms with E-state index >= 15 is 0 Å². The molecule has 1 amide bonds. The van der Waals surface area contributed by atoms with Crippen LogP contribution in [0.25, 0.3) is 0 Å². The summed E-state index contributed by atoms with van der Waals surface area (Å²) in [4.78, 5) is 11.5. The maximum atomic E-state index is 13.2. The van der Waals surface area contributed by atoms with Gasteiger partial charge < -0.3 is 10.6 Å². The van der Waals surface area contributed by atoms with Crippen LogP contribution in [0.5, 0.6) is 0 Å². The number of para-hydroxylation sites is 1. The van der Waals surface area contributed by atoms with Gasteiger partial charge in [-0.3, -0.25) is 4.79 Å². The molecule has 2 rings (SSSR count). The molecule has 0 aliphatic heterocycles. The Bertz CT molecular complexity index is 413. The lowest BCUT2D eigenvalue weighted by Gasteiger charge is -2.25. The van der Waals surface area contributed by atoms with Crippen LogP contribution in [0.15, 0.2) is 18.2 Å². The summed E-state index contributed by atoms with van der Waals surface area (Å²) in [6, 6.07) is 3.48. The van der Waals surface area contributed by atoms with Gasteiger partial charge in [0, 0.05) is 0 Å². The first-order valence-corrected chi connectivity index (χ1v) is 6.11. The van der Waals surface area contributed by atoms with E-state index in [0.717, 1.165) is 18.7 Å². The van der Waals surface area contributed by atoms with Crippen LogP contribution < -0.4 is 10.6 Å². The number of hydrogen-bond acceptors (Lipinski definition) is 2. The van der Waals surface area contributed by atoms with Crippen LogP contribution in [-0.4, -0.2) is 19.0 Å². The van der Waals surface area contributed by atoms with Gasteiger partial charge in [0.15, 0.2) is 0 Å². The topological polar surface area (TPSA) is 41.1 Å². The lowest BCUT2D eigenvalue weighted by molar-refractivity contribution is -0.115. The van der Waals surface area contributed by atoms with E-state index in [1.807, 2.05) is 0 Å². The molecule has 2 N–H and O–H groups in total. The number of nitrogens with one attached hydrogen (secondary N) is 2. The molecule has 0 bridgehead atoms. The second-order valence-corrected chi connectivity index (χ2v) is 4.57. The molecule has 1 saturated carbocycles. The number of anilines is 1. The SMILES string of the molecule is O=C(CNCC1CCC1)Nc1c(F)cccc1F. The van der Waals surface area contributed by atoms with Gasteiger partial charge in [-0.05, 0) is 37.4 Å². The Kier molecular flexibility index (Phi) is 4.25. The summed E-state index contributed by atoms with van der Waals surface area (Å²) in [7, 11) is 0. The third-order valence-electron chi connectivity index (χ3n) is 3.17. The normalized spacial score (nSPS) is 15.2. The highest BCUT2D eigenvalue weighted by Gasteiger charge is 2.17. The number of carbonyl (C=O) groups is 1. The average molecular weight is 254 g/mol. The van der Waals surface area contributed by atoms with Crippen molar-refractivity contribution in [2.24, 2.45) is 5.92 Å². The lowest BCUT2D eigenvalue weighted by atomic mass is 9.85. The second kappa shape index (κ2) is 5.91. The first kappa shape index (κ1) is 13.0. The van der Waals surface area contributed by atoms with Crippen LogP contribution in [0.2, 0.25) is 0 Å². The smallest absolute Gasteiger partial charge is 0.238 e. The molecule has 1 aromatic carbocycles. The molecule has 3 nitrogen and oxygen atoms in total. The molecule has 0 radical (unpaired) electrons. The summed E-state index contributed by atoms with van der Waals surface area (Å²) in [6.07, 6.45) is 3.63. The quantitative estimate of drug-likeness (QED) is 0.846. The molecule has 0 atom stereocenters. The summed E-state index contributed by atoms with van der Waals surface area (Å²) >= 11 is 0. The molecule has 5 heteroatoms. The van der Waals surface area contributed by atoms with Crippen molar-refractivity contribution in [2.75, 3.05) is 18.4 Å². The van der Waals surface area contributed by atoms with E-state index in [0.29, 0.717) is 5.92 Å². The molecule has 0 spiro atoms. The van der Waals surface area contributed by atoms with E-state index in [1.165, 1.54) is 25.3 Å². The number of benzene rings is 1. The predicted octanol–water partition coefficient (Wildman–Crippen LogP) is 2.29. The predicted molar refractivity (Wildman–Crippen MR) is 65.2 cm³/mol. The number of rotatable bonds is 5. The zero-order chi connectivity index (χ0) is 13.0. The summed E-state index contributed by atoms with van der Waals surface area (Å²) in [6.45, 7) is 0.859. The lowest BCUT2D eigenvalue weighted by Crippen LogP contribution is -2.34. The zero-order valence-corrected chi connectivity index (χ0v) is 10.0. The van der Waals surface area contributed by atoms with Gasteiger partial charge in [-0.2, -0.15) is 0 Å². The Hall–Kier alpha value is -1.49. The first-order chi connectivity index (χ1) is 8.66. The molecule has 1 aliphatic carbocycles. The third-order valence-corrected chi connectivity index (χ3v) is 3.17. The van der Waals surface area contributed by atoms with E-state index in [1.54, 1.807) is 0 Å². The van der Waals surface area contributed by atoms with E-state index in [2.05, 4.69) is 10.6 Å². The van der Waals surface area contributed by atoms with Gasteiger partial charge in [0.1, 0.15) is 17.3 Å².